The van der Waals surface area contributed by atoms with Crippen LogP contribution in [0.25, 0.3) is 0 Å². The van der Waals surface area contributed by atoms with Crippen molar-refractivity contribution in [1.29, 1.82) is 0 Å². The molecule has 0 saturated carbocycles. The van der Waals surface area contributed by atoms with Crippen LogP contribution in [0, 0.1) is 17.8 Å². The van der Waals surface area contributed by atoms with Gasteiger partial charge in [0.05, 0.1) is 0 Å². The van der Waals surface area contributed by atoms with Crippen molar-refractivity contribution in [3.05, 3.63) is 49.1 Å². The second-order valence-electron chi connectivity index (χ2n) is 4.15. The lowest BCUT2D eigenvalue weighted by molar-refractivity contribution is 0.389. The molecule has 4 atom stereocenters. The number of hydrogen-bond acceptors (Lipinski definition) is 1. The number of fused-ring (bicyclic) bond motifs is 1. The Bertz CT molecular complexity index is 311. The molecule has 0 aromatic heterocycles. The van der Waals surface area contributed by atoms with Crippen LogP contribution in [-0.2, 0) is 0 Å². The van der Waals surface area contributed by atoms with Crippen LogP contribution < -0.4 is 0 Å². The summed E-state index contributed by atoms with van der Waals surface area (Å²) in [6, 6.07) is 0. The lowest BCUT2D eigenvalue weighted by Crippen LogP contribution is -2.34. The van der Waals surface area contributed by atoms with E-state index in [0.717, 1.165) is 0 Å². The van der Waals surface area contributed by atoms with Crippen LogP contribution in [0.1, 0.15) is 6.92 Å². The van der Waals surface area contributed by atoms with Crippen molar-refractivity contribution < 1.29 is 0 Å². The minimum absolute atomic E-state index is 0.605. The molecule has 4 unspecified atom stereocenters. The van der Waals surface area contributed by atoms with Crippen molar-refractivity contribution in [2.75, 3.05) is 5.75 Å². The average molecular weight is 218 g/mol. The molecule has 1 fully saturated rings. The summed E-state index contributed by atoms with van der Waals surface area (Å²) < 4.78 is 0. The van der Waals surface area contributed by atoms with E-state index in [9.17, 15) is 0 Å². The highest BCUT2D eigenvalue weighted by Crippen LogP contribution is 2.42. The summed E-state index contributed by atoms with van der Waals surface area (Å²) in [5, 5.41) is 0.666. The number of thioether (sulfide) groups is 1. The lowest BCUT2D eigenvalue weighted by Gasteiger charge is -2.39. The Labute approximate surface area is 96.8 Å². The van der Waals surface area contributed by atoms with Crippen LogP contribution in [-0.4, -0.2) is 11.0 Å². The van der Waals surface area contributed by atoms with Gasteiger partial charge in [-0.2, -0.15) is 11.8 Å². The zero-order valence-corrected chi connectivity index (χ0v) is 9.99. The van der Waals surface area contributed by atoms with Gasteiger partial charge in [-0.05, 0) is 24.7 Å². The molecule has 0 aromatic carbocycles. The quantitative estimate of drug-likeness (QED) is 0.635. The summed E-state index contributed by atoms with van der Waals surface area (Å²) in [4.78, 5) is 0. The van der Waals surface area contributed by atoms with Gasteiger partial charge in [0.1, 0.15) is 0 Å². The van der Waals surface area contributed by atoms with Gasteiger partial charge < -0.3 is 0 Å². The third kappa shape index (κ3) is 2.12. The molecular weight excluding hydrogens is 200 g/mol. The minimum Gasteiger partial charge on any atom is -0.153 e. The molecule has 1 aliphatic carbocycles. The molecule has 15 heavy (non-hydrogen) atoms. The maximum Gasteiger partial charge on any atom is 0.0299 e. The van der Waals surface area contributed by atoms with E-state index in [1.165, 1.54) is 5.75 Å². The molecule has 2 aliphatic rings. The van der Waals surface area contributed by atoms with E-state index in [1.807, 2.05) is 0 Å². The second-order valence-corrected chi connectivity index (χ2v) is 5.36. The van der Waals surface area contributed by atoms with Crippen LogP contribution in [0.5, 0.6) is 0 Å². The first kappa shape index (κ1) is 10.8. The van der Waals surface area contributed by atoms with Crippen molar-refractivity contribution in [1.82, 2.24) is 0 Å². The molecule has 2 rings (SSSR count). The maximum atomic E-state index is 4.01. The van der Waals surface area contributed by atoms with E-state index in [-0.39, 0.29) is 0 Å². The summed E-state index contributed by atoms with van der Waals surface area (Å²) in [5.41, 5.74) is 0. The molecule has 1 heteroatoms. The fourth-order valence-corrected chi connectivity index (χ4v) is 3.97. The van der Waals surface area contributed by atoms with Gasteiger partial charge in [0.15, 0.2) is 0 Å². The molecule has 0 aromatic rings. The van der Waals surface area contributed by atoms with Gasteiger partial charge in [0.25, 0.3) is 0 Å². The molecule has 1 heterocycles. The van der Waals surface area contributed by atoms with Gasteiger partial charge in [-0.1, -0.05) is 42.5 Å². The Morgan fingerprint density at radius 3 is 2.87 bits per heavy atom. The lowest BCUT2D eigenvalue weighted by atomic mass is 9.78. The first-order valence-corrected chi connectivity index (χ1v) is 6.63. The van der Waals surface area contributed by atoms with Crippen molar-refractivity contribution in [2.24, 2.45) is 17.8 Å². The van der Waals surface area contributed by atoms with Crippen molar-refractivity contribution in [3.8, 4) is 0 Å². The van der Waals surface area contributed by atoms with E-state index in [1.54, 1.807) is 0 Å². The highest BCUT2D eigenvalue weighted by Gasteiger charge is 2.34. The Kier molecular flexibility index (Phi) is 3.53. The SMILES string of the molecule is C=CC1C(/C=C\C)CSC2C=CC=CC21. The predicted octanol–water partition coefficient (Wildman–Crippen LogP) is 3.84. The zero-order chi connectivity index (χ0) is 10.7. The molecular formula is C14H18S. The van der Waals surface area contributed by atoms with Crippen LogP contribution >= 0.6 is 11.8 Å². The highest BCUT2D eigenvalue weighted by molar-refractivity contribution is 8.00. The summed E-state index contributed by atoms with van der Waals surface area (Å²) >= 11 is 2.08. The van der Waals surface area contributed by atoms with Crippen LogP contribution in [0.15, 0.2) is 49.1 Å². The van der Waals surface area contributed by atoms with Crippen LogP contribution in [0.4, 0.5) is 0 Å². The van der Waals surface area contributed by atoms with E-state index in [2.05, 4.69) is 67.8 Å². The van der Waals surface area contributed by atoms with Crippen molar-refractivity contribution >= 4 is 11.8 Å². The zero-order valence-electron chi connectivity index (χ0n) is 9.17. The summed E-state index contributed by atoms with van der Waals surface area (Å²) in [6.45, 7) is 6.11. The normalized spacial score (nSPS) is 39.3. The van der Waals surface area contributed by atoms with Gasteiger partial charge in [0, 0.05) is 11.0 Å². The molecule has 0 radical (unpaired) electrons. The second kappa shape index (κ2) is 4.89. The monoisotopic (exact) mass is 218 g/mol. The van der Waals surface area contributed by atoms with E-state index >= 15 is 0 Å². The molecule has 0 spiro atoms. The maximum absolute atomic E-state index is 4.01. The smallest absolute Gasteiger partial charge is 0.0299 e. The van der Waals surface area contributed by atoms with Crippen LogP contribution in [0.2, 0.25) is 0 Å². The standard InChI is InChI=1S/C14H18S/c1-3-7-11-10-15-14-9-6-5-8-13(14)12(11)4-2/h3-9,11-14H,2,10H2,1H3/b7-3-. The summed E-state index contributed by atoms with van der Waals surface area (Å²) in [6.07, 6.45) is 15.7. The molecule has 0 bridgehead atoms. The average Bonchev–Trinajstić information content (AvgIpc) is 2.29. The molecule has 0 nitrogen and oxygen atoms in total. The molecule has 0 N–H and O–H groups in total. The van der Waals surface area contributed by atoms with Gasteiger partial charge in [0.2, 0.25) is 0 Å². The number of allylic oxidation sites excluding steroid dienone is 6. The van der Waals surface area contributed by atoms with Crippen LogP contribution in [0.3, 0.4) is 0 Å². The Balaban J connectivity index is 2.19. The largest absolute Gasteiger partial charge is 0.153 e. The third-order valence-electron chi connectivity index (χ3n) is 3.26. The molecule has 0 amide bonds. The minimum atomic E-state index is 0.605. The van der Waals surface area contributed by atoms with E-state index in [0.29, 0.717) is 23.0 Å². The molecule has 1 saturated heterocycles. The van der Waals surface area contributed by atoms with E-state index in [4.69, 9.17) is 0 Å². The fourth-order valence-electron chi connectivity index (χ4n) is 2.50. The molecule has 80 valence electrons. The van der Waals surface area contributed by atoms with Gasteiger partial charge >= 0.3 is 0 Å². The summed E-state index contributed by atoms with van der Waals surface area (Å²) in [7, 11) is 0. The third-order valence-corrected chi connectivity index (χ3v) is 4.69. The van der Waals surface area contributed by atoms with Gasteiger partial charge in [-0.3, -0.25) is 0 Å². The van der Waals surface area contributed by atoms with E-state index < -0.39 is 0 Å². The number of hydrogen-bond donors (Lipinski definition) is 0. The van der Waals surface area contributed by atoms with Gasteiger partial charge in [-0.25, -0.2) is 0 Å². The number of rotatable bonds is 2. The highest BCUT2D eigenvalue weighted by atomic mass is 32.2. The van der Waals surface area contributed by atoms with Crippen molar-refractivity contribution in [3.63, 3.8) is 0 Å². The topological polar surface area (TPSA) is 0 Å². The molecule has 1 aliphatic heterocycles. The Morgan fingerprint density at radius 1 is 1.33 bits per heavy atom. The van der Waals surface area contributed by atoms with Gasteiger partial charge in [-0.15, -0.1) is 6.58 Å². The van der Waals surface area contributed by atoms with Crippen molar-refractivity contribution in [2.45, 2.75) is 12.2 Å². The predicted molar refractivity (Wildman–Crippen MR) is 70.0 cm³/mol. The fraction of sp³-hybridized carbons (Fsp3) is 0.429. The first-order valence-electron chi connectivity index (χ1n) is 5.58. The Hall–Kier alpha value is -0.690. The first-order chi connectivity index (χ1) is 7.36. The summed E-state index contributed by atoms with van der Waals surface area (Å²) in [5.74, 6) is 3.14. The Morgan fingerprint density at radius 2 is 2.13 bits per heavy atom.